The summed E-state index contributed by atoms with van der Waals surface area (Å²) in [5, 5.41) is 6.05. The average Bonchev–Trinajstić information content (AvgIpc) is 2.62. The van der Waals surface area contributed by atoms with E-state index in [2.05, 4.69) is 15.6 Å². The molecule has 0 spiro atoms. The van der Waals surface area contributed by atoms with Crippen LogP contribution in [0, 0.1) is 11.7 Å². The summed E-state index contributed by atoms with van der Waals surface area (Å²) in [6.07, 6.45) is 3.33. The third kappa shape index (κ3) is 4.54. The van der Waals surface area contributed by atoms with Crippen molar-refractivity contribution in [1.29, 1.82) is 0 Å². The van der Waals surface area contributed by atoms with Crippen molar-refractivity contribution in [2.24, 2.45) is 5.92 Å². The topological polar surface area (TPSA) is 63.2 Å². The molecule has 2 aromatic rings. The number of benzene rings is 1. The number of hydrogen-bond acceptors (Lipinski definition) is 4. The Morgan fingerprint density at radius 1 is 1.24 bits per heavy atom. The molecule has 132 valence electrons. The van der Waals surface area contributed by atoms with E-state index < -0.39 is 0 Å². The number of nitrogens with one attached hydrogen (secondary N) is 2. The molecular formula is C19H22FN3O2. The third-order valence-electron chi connectivity index (χ3n) is 4.36. The van der Waals surface area contributed by atoms with Crippen LogP contribution in [0.5, 0.6) is 0 Å². The second-order valence-corrected chi connectivity index (χ2v) is 6.21. The summed E-state index contributed by atoms with van der Waals surface area (Å²) in [5.74, 6) is 0.548. The largest absolute Gasteiger partial charge is 0.381 e. The Hall–Kier alpha value is -2.47. The fourth-order valence-corrected chi connectivity index (χ4v) is 3.14. The summed E-state index contributed by atoms with van der Waals surface area (Å²) in [4.78, 5) is 15.4. The van der Waals surface area contributed by atoms with Gasteiger partial charge in [0, 0.05) is 25.7 Å². The first kappa shape index (κ1) is 17.4. The number of amides is 1. The molecule has 1 atom stereocenters. The molecule has 5 nitrogen and oxygen atoms in total. The summed E-state index contributed by atoms with van der Waals surface area (Å²) in [7, 11) is 0. The molecule has 0 saturated carbocycles. The van der Waals surface area contributed by atoms with Crippen LogP contribution in [0.4, 0.5) is 15.9 Å². The lowest BCUT2D eigenvalue weighted by Gasteiger charge is -2.32. The summed E-state index contributed by atoms with van der Waals surface area (Å²) >= 11 is 0. The highest BCUT2D eigenvalue weighted by Crippen LogP contribution is 2.34. The van der Waals surface area contributed by atoms with Crippen molar-refractivity contribution in [1.82, 2.24) is 4.98 Å². The van der Waals surface area contributed by atoms with Crippen LogP contribution in [-0.4, -0.2) is 24.1 Å². The van der Waals surface area contributed by atoms with E-state index in [-0.39, 0.29) is 23.7 Å². The van der Waals surface area contributed by atoms with Crippen molar-refractivity contribution in [2.75, 3.05) is 23.8 Å². The molecular weight excluding hydrogens is 321 g/mol. The number of carbonyl (C=O) groups is 1. The van der Waals surface area contributed by atoms with Gasteiger partial charge >= 0.3 is 0 Å². The Bertz CT molecular complexity index is 715. The molecule has 1 unspecified atom stereocenters. The van der Waals surface area contributed by atoms with Crippen LogP contribution < -0.4 is 10.6 Å². The molecule has 1 aliphatic rings. The predicted octanol–water partition coefficient (Wildman–Crippen LogP) is 3.76. The normalized spacial score (nSPS) is 16.2. The molecule has 2 N–H and O–H groups in total. The standard InChI is InChI=1S/C19H22FN3O2/c1-13(24)22-15-6-7-18(21-12-15)23-19(14-8-10-25-11-9-14)16-4-2-3-5-17(16)20/h2-7,12,14,19H,8-11H2,1H3,(H,21,23)(H,22,24). The minimum absolute atomic E-state index is 0.144. The maximum atomic E-state index is 14.4. The van der Waals surface area contributed by atoms with Gasteiger partial charge in [0.25, 0.3) is 0 Å². The van der Waals surface area contributed by atoms with Gasteiger partial charge in [-0.25, -0.2) is 9.37 Å². The number of carbonyl (C=O) groups excluding carboxylic acids is 1. The lowest BCUT2D eigenvalue weighted by Crippen LogP contribution is -2.28. The number of aromatic nitrogens is 1. The summed E-state index contributed by atoms with van der Waals surface area (Å²) in [6, 6.07) is 10.2. The Balaban J connectivity index is 1.82. The molecule has 0 radical (unpaired) electrons. The van der Waals surface area contributed by atoms with Crippen LogP contribution in [0.3, 0.4) is 0 Å². The molecule has 1 aromatic heterocycles. The van der Waals surface area contributed by atoms with Crippen molar-refractivity contribution in [2.45, 2.75) is 25.8 Å². The summed E-state index contributed by atoms with van der Waals surface area (Å²) in [6.45, 7) is 2.82. The van der Waals surface area contributed by atoms with E-state index in [1.165, 1.54) is 13.0 Å². The van der Waals surface area contributed by atoms with Crippen LogP contribution in [0.25, 0.3) is 0 Å². The minimum Gasteiger partial charge on any atom is -0.381 e. The fraction of sp³-hybridized carbons (Fsp3) is 0.368. The highest BCUT2D eigenvalue weighted by molar-refractivity contribution is 5.88. The third-order valence-corrected chi connectivity index (χ3v) is 4.36. The van der Waals surface area contributed by atoms with Gasteiger partial charge in [0.05, 0.1) is 17.9 Å². The fourth-order valence-electron chi connectivity index (χ4n) is 3.14. The molecule has 1 amide bonds. The number of ether oxygens (including phenoxy) is 1. The first-order chi connectivity index (χ1) is 12.1. The van der Waals surface area contributed by atoms with E-state index in [0.717, 1.165) is 12.8 Å². The second kappa shape index (κ2) is 8.07. The highest BCUT2D eigenvalue weighted by atomic mass is 19.1. The number of nitrogens with zero attached hydrogens (tertiary/aromatic N) is 1. The van der Waals surface area contributed by atoms with Crippen molar-refractivity contribution < 1.29 is 13.9 Å². The van der Waals surface area contributed by atoms with Crippen molar-refractivity contribution in [3.8, 4) is 0 Å². The quantitative estimate of drug-likeness (QED) is 0.868. The summed E-state index contributed by atoms with van der Waals surface area (Å²) in [5.41, 5.74) is 1.27. The van der Waals surface area contributed by atoms with Crippen LogP contribution in [-0.2, 0) is 9.53 Å². The van der Waals surface area contributed by atoms with E-state index in [9.17, 15) is 9.18 Å². The van der Waals surface area contributed by atoms with Gasteiger partial charge in [0.15, 0.2) is 0 Å². The summed E-state index contributed by atoms with van der Waals surface area (Å²) < 4.78 is 19.8. The second-order valence-electron chi connectivity index (χ2n) is 6.21. The van der Waals surface area contributed by atoms with Gasteiger partial charge in [-0.05, 0) is 37.0 Å². The first-order valence-corrected chi connectivity index (χ1v) is 8.46. The maximum absolute atomic E-state index is 14.4. The van der Waals surface area contributed by atoms with Gasteiger partial charge in [-0.1, -0.05) is 18.2 Å². The van der Waals surface area contributed by atoms with Gasteiger partial charge in [-0.2, -0.15) is 0 Å². The van der Waals surface area contributed by atoms with Gasteiger partial charge in [-0.15, -0.1) is 0 Å². The van der Waals surface area contributed by atoms with E-state index >= 15 is 0 Å². The van der Waals surface area contributed by atoms with Crippen LogP contribution >= 0.6 is 0 Å². The Kier molecular flexibility index (Phi) is 5.60. The lowest BCUT2D eigenvalue weighted by molar-refractivity contribution is -0.114. The van der Waals surface area contributed by atoms with Gasteiger partial charge in [0.2, 0.25) is 5.91 Å². The van der Waals surface area contributed by atoms with E-state index in [1.54, 1.807) is 24.4 Å². The number of pyridine rings is 1. The molecule has 6 heteroatoms. The van der Waals surface area contributed by atoms with Crippen molar-refractivity contribution in [3.63, 3.8) is 0 Å². The highest BCUT2D eigenvalue weighted by Gasteiger charge is 2.27. The average molecular weight is 343 g/mol. The molecule has 1 saturated heterocycles. The monoisotopic (exact) mass is 343 g/mol. The molecule has 1 aromatic carbocycles. The molecule has 1 aliphatic heterocycles. The minimum atomic E-state index is -0.221. The zero-order valence-corrected chi connectivity index (χ0v) is 14.2. The van der Waals surface area contributed by atoms with Crippen molar-refractivity contribution in [3.05, 3.63) is 54.0 Å². The Morgan fingerprint density at radius 3 is 2.64 bits per heavy atom. The zero-order valence-electron chi connectivity index (χ0n) is 14.2. The Morgan fingerprint density at radius 2 is 2.00 bits per heavy atom. The molecule has 25 heavy (non-hydrogen) atoms. The molecule has 2 heterocycles. The van der Waals surface area contributed by atoms with Crippen molar-refractivity contribution >= 4 is 17.4 Å². The van der Waals surface area contributed by atoms with Crippen LogP contribution in [0.2, 0.25) is 0 Å². The van der Waals surface area contributed by atoms with Crippen LogP contribution in [0.15, 0.2) is 42.6 Å². The number of rotatable bonds is 5. The van der Waals surface area contributed by atoms with E-state index in [1.807, 2.05) is 12.1 Å². The number of halogens is 1. The Labute approximate surface area is 146 Å². The zero-order chi connectivity index (χ0) is 17.6. The predicted molar refractivity (Wildman–Crippen MR) is 94.8 cm³/mol. The number of anilines is 2. The smallest absolute Gasteiger partial charge is 0.221 e. The first-order valence-electron chi connectivity index (χ1n) is 8.46. The molecule has 1 fully saturated rings. The lowest BCUT2D eigenvalue weighted by atomic mass is 9.87. The number of hydrogen-bond donors (Lipinski definition) is 2. The molecule has 0 aliphatic carbocycles. The SMILES string of the molecule is CC(=O)Nc1ccc(NC(c2ccccc2F)C2CCOCC2)nc1. The molecule has 3 rings (SSSR count). The van der Waals surface area contributed by atoms with E-state index in [4.69, 9.17) is 4.74 Å². The van der Waals surface area contributed by atoms with Gasteiger partial charge in [0.1, 0.15) is 11.6 Å². The maximum Gasteiger partial charge on any atom is 0.221 e. The van der Waals surface area contributed by atoms with Gasteiger partial charge in [-0.3, -0.25) is 4.79 Å². The molecule has 0 bridgehead atoms. The van der Waals surface area contributed by atoms with Gasteiger partial charge < -0.3 is 15.4 Å². The van der Waals surface area contributed by atoms with Crippen LogP contribution in [0.1, 0.15) is 31.4 Å². The van der Waals surface area contributed by atoms with E-state index in [0.29, 0.717) is 30.3 Å².